The highest BCUT2D eigenvalue weighted by Crippen LogP contribution is 2.32. The van der Waals surface area contributed by atoms with Gasteiger partial charge in [-0.25, -0.2) is 0 Å². The number of nitrogens with two attached hydrogens (primary N) is 1. The van der Waals surface area contributed by atoms with Crippen LogP contribution in [0.5, 0.6) is 11.5 Å². The Morgan fingerprint density at radius 2 is 2.00 bits per heavy atom. The summed E-state index contributed by atoms with van der Waals surface area (Å²) in [6, 6.07) is 5.64. The third kappa shape index (κ3) is 3.89. The van der Waals surface area contributed by atoms with Crippen LogP contribution >= 0.6 is 15.9 Å². The Balaban J connectivity index is 2.87. The monoisotopic (exact) mass is 301 g/mol. The van der Waals surface area contributed by atoms with Crippen LogP contribution in [-0.4, -0.2) is 19.8 Å². The molecule has 0 bridgehead atoms. The van der Waals surface area contributed by atoms with Crippen LogP contribution in [0.4, 0.5) is 0 Å². The fourth-order valence-electron chi connectivity index (χ4n) is 1.44. The smallest absolute Gasteiger partial charge is 0.134 e. The Hall–Kier alpha value is -0.740. The van der Waals surface area contributed by atoms with Crippen molar-refractivity contribution in [1.82, 2.24) is 0 Å². The molecule has 17 heavy (non-hydrogen) atoms. The standard InChI is InChI=1S/C13H20BrNO2/c1-13(2,3)12(8-15)17-11-6-5-9(16-4)7-10(11)14/h5-7,12H,8,15H2,1-4H3. The molecule has 4 heteroatoms. The molecule has 0 heterocycles. The van der Waals surface area contributed by atoms with Crippen LogP contribution < -0.4 is 15.2 Å². The molecule has 3 nitrogen and oxygen atoms in total. The van der Waals surface area contributed by atoms with Gasteiger partial charge in [0.05, 0.1) is 11.6 Å². The summed E-state index contributed by atoms with van der Waals surface area (Å²) >= 11 is 3.47. The van der Waals surface area contributed by atoms with Gasteiger partial charge in [-0.05, 0) is 34.1 Å². The molecule has 1 aromatic carbocycles. The Morgan fingerprint density at radius 1 is 1.35 bits per heavy atom. The Kier molecular flexibility index (Phi) is 4.83. The molecule has 0 fully saturated rings. The van der Waals surface area contributed by atoms with E-state index in [1.54, 1.807) is 7.11 Å². The Morgan fingerprint density at radius 3 is 2.41 bits per heavy atom. The lowest BCUT2D eigenvalue weighted by molar-refractivity contribution is 0.0933. The maximum absolute atomic E-state index is 5.93. The van der Waals surface area contributed by atoms with Gasteiger partial charge in [-0.15, -0.1) is 0 Å². The van der Waals surface area contributed by atoms with Crippen LogP contribution in [-0.2, 0) is 0 Å². The fraction of sp³-hybridized carbons (Fsp3) is 0.538. The van der Waals surface area contributed by atoms with E-state index >= 15 is 0 Å². The van der Waals surface area contributed by atoms with Gasteiger partial charge in [0.25, 0.3) is 0 Å². The summed E-state index contributed by atoms with van der Waals surface area (Å²) in [6.45, 7) is 6.83. The predicted molar refractivity (Wildman–Crippen MR) is 73.6 cm³/mol. The minimum atomic E-state index is -0.0211. The van der Waals surface area contributed by atoms with E-state index < -0.39 is 0 Å². The summed E-state index contributed by atoms with van der Waals surface area (Å²) in [5.41, 5.74) is 5.76. The Labute approximate surface area is 111 Å². The molecule has 0 saturated carbocycles. The molecule has 1 aromatic rings. The third-order valence-corrected chi connectivity index (χ3v) is 3.21. The van der Waals surface area contributed by atoms with E-state index in [-0.39, 0.29) is 11.5 Å². The van der Waals surface area contributed by atoms with Crippen molar-refractivity contribution >= 4 is 15.9 Å². The highest BCUT2D eigenvalue weighted by Gasteiger charge is 2.25. The first kappa shape index (κ1) is 14.3. The van der Waals surface area contributed by atoms with Gasteiger partial charge in [0, 0.05) is 12.0 Å². The number of ether oxygens (including phenoxy) is 2. The largest absolute Gasteiger partial charge is 0.497 e. The topological polar surface area (TPSA) is 44.5 Å². The predicted octanol–water partition coefficient (Wildman–Crippen LogP) is 3.21. The molecule has 0 saturated heterocycles. The van der Waals surface area contributed by atoms with Crippen LogP contribution in [0.2, 0.25) is 0 Å². The van der Waals surface area contributed by atoms with Crippen molar-refractivity contribution in [2.24, 2.45) is 11.1 Å². The van der Waals surface area contributed by atoms with Gasteiger partial charge in [-0.2, -0.15) is 0 Å². The van der Waals surface area contributed by atoms with E-state index in [9.17, 15) is 0 Å². The van der Waals surface area contributed by atoms with Gasteiger partial charge in [0.2, 0.25) is 0 Å². The van der Waals surface area contributed by atoms with Crippen molar-refractivity contribution in [2.45, 2.75) is 26.9 Å². The van der Waals surface area contributed by atoms with E-state index in [0.29, 0.717) is 6.54 Å². The molecule has 96 valence electrons. The van der Waals surface area contributed by atoms with Crippen molar-refractivity contribution in [2.75, 3.05) is 13.7 Å². The molecule has 1 unspecified atom stereocenters. The van der Waals surface area contributed by atoms with Gasteiger partial charge in [-0.1, -0.05) is 20.8 Å². The molecule has 0 spiro atoms. The lowest BCUT2D eigenvalue weighted by atomic mass is 9.89. The van der Waals surface area contributed by atoms with Gasteiger partial charge < -0.3 is 15.2 Å². The van der Waals surface area contributed by atoms with Crippen molar-refractivity contribution in [1.29, 1.82) is 0 Å². The van der Waals surface area contributed by atoms with Crippen molar-refractivity contribution in [3.63, 3.8) is 0 Å². The quantitative estimate of drug-likeness (QED) is 0.929. The average molecular weight is 302 g/mol. The number of rotatable bonds is 4. The SMILES string of the molecule is COc1ccc(OC(CN)C(C)(C)C)c(Br)c1. The van der Waals surface area contributed by atoms with E-state index in [4.69, 9.17) is 15.2 Å². The highest BCUT2D eigenvalue weighted by atomic mass is 79.9. The summed E-state index contributed by atoms with van der Waals surface area (Å²) < 4.78 is 11.9. The zero-order valence-electron chi connectivity index (χ0n) is 10.8. The second-order valence-electron chi connectivity index (χ2n) is 5.00. The lowest BCUT2D eigenvalue weighted by Gasteiger charge is -2.30. The van der Waals surface area contributed by atoms with Crippen molar-refractivity contribution < 1.29 is 9.47 Å². The highest BCUT2D eigenvalue weighted by molar-refractivity contribution is 9.10. The first-order valence-electron chi connectivity index (χ1n) is 5.58. The zero-order valence-corrected chi connectivity index (χ0v) is 12.4. The summed E-state index contributed by atoms with van der Waals surface area (Å²) in [4.78, 5) is 0. The van der Waals surface area contributed by atoms with E-state index in [2.05, 4.69) is 36.7 Å². The average Bonchev–Trinajstić information content (AvgIpc) is 2.25. The van der Waals surface area contributed by atoms with Crippen LogP contribution in [0.15, 0.2) is 22.7 Å². The molecule has 0 radical (unpaired) electrons. The van der Waals surface area contributed by atoms with Gasteiger partial charge >= 0.3 is 0 Å². The number of halogens is 1. The molecule has 0 aromatic heterocycles. The fourth-order valence-corrected chi connectivity index (χ4v) is 1.89. The lowest BCUT2D eigenvalue weighted by Crippen LogP contribution is -2.38. The molecule has 2 N–H and O–H groups in total. The molecule has 0 amide bonds. The van der Waals surface area contributed by atoms with E-state index in [1.807, 2.05) is 18.2 Å². The maximum Gasteiger partial charge on any atom is 0.134 e. The third-order valence-electron chi connectivity index (χ3n) is 2.59. The Bertz CT molecular complexity index is 374. The number of hydrogen-bond donors (Lipinski definition) is 1. The number of hydrogen-bond acceptors (Lipinski definition) is 3. The zero-order chi connectivity index (χ0) is 13.1. The summed E-state index contributed by atoms with van der Waals surface area (Å²) in [5, 5.41) is 0. The van der Waals surface area contributed by atoms with Crippen LogP contribution in [0, 0.1) is 5.41 Å². The normalized spacial score (nSPS) is 13.3. The van der Waals surface area contributed by atoms with E-state index in [1.165, 1.54) is 0 Å². The first-order valence-corrected chi connectivity index (χ1v) is 6.38. The molecular formula is C13H20BrNO2. The first-order chi connectivity index (χ1) is 7.88. The van der Waals surface area contributed by atoms with Crippen LogP contribution in [0.1, 0.15) is 20.8 Å². The molecule has 0 aliphatic heterocycles. The molecule has 0 aliphatic carbocycles. The maximum atomic E-state index is 5.93. The van der Waals surface area contributed by atoms with Crippen LogP contribution in [0.25, 0.3) is 0 Å². The molecule has 1 rings (SSSR count). The van der Waals surface area contributed by atoms with Crippen molar-refractivity contribution in [3.8, 4) is 11.5 Å². The van der Waals surface area contributed by atoms with Crippen molar-refractivity contribution in [3.05, 3.63) is 22.7 Å². The van der Waals surface area contributed by atoms with Gasteiger partial charge in [0.1, 0.15) is 17.6 Å². The summed E-state index contributed by atoms with van der Waals surface area (Å²) in [7, 11) is 1.64. The second-order valence-corrected chi connectivity index (χ2v) is 5.86. The molecular weight excluding hydrogens is 282 g/mol. The second kappa shape index (κ2) is 5.74. The molecule has 0 aliphatic rings. The summed E-state index contributed by atoms with van der Waals surface area (Å²) in [5.74, 6) is 1.58. The number of benzene rings is 1. The summed E-state index contributed by atoms with van der Waals surface area (Å²) in [6.07, 6.45) is -0.0211. The number of methoxy groups -OCH3 is 1. The minimum absolute atomic E-state index is 0.00805. The van der Waals surface area contributed by atoms with Gasteiger partial charge in [0.15, 0.2) is 0 Å². The van der Waals surface area contributed by atoms with E-state index in [0.717, 1.165) is 16.0 Å². The minimum Gasteiger partial charge on any atom is -0.497 e. The van der Waals surface area contributed by atoms with Crippen LogP contribution in [0.3, 0.4) is 0 Å². The van der Waals surface area contributed by atoms with Gasteiger partial charge in [-0.3, -0.25) is 0 Å². The molecule has 1 atom stereocenters.